The van der Waals surface area contributed by atoms with Crippen molar-refractivity contribution in [1.82, 2.24) is 24.6 Å². The number of nitrogens with one attached hydrogen (secondary N) is 1. The van der Waals surface area contributed by atoms with E-state index in [1.807, 2.05) is 32.0 Å². The third-order valence-corrected chi connectivity index (χ3v) is 6.07. The molecule has 3 aromatic rings. The topological polar surface area (TPSA) is 106 Å². The molecule has 32 heavy (non-hydrogen) atoms. The van der Waals surface area contributed by atoms with E-state index in [0.717, 1.165) is 26.1 Å². The molecule has 2 heterocycles. The second-order valence-electron chi connectivity index (χ2n) is 7.69. The fraction of sp³-hybridized carbons (Fsp3) is 0.500. The third kappa shape index (κ3) is 5.95. The normalized spacial score (nSPS) is 11.6. The van der Waals surface area contributed by atoms with Crippen molar-refractivity contribution in [2.45, 2.75) is 51.7 Å². The Balaban J connectivity index is 1.74. The minimum absolute atomic E-state index is 0.0697. The molecule has 0 bridgehead atoms. The van der Waals surface area contributed by atoms with Crippen LogP contribution in [0.4, 0.5) is 6.01 Å². The number of hydrogen-bond acceptors (Lipinski definition) is 8. The minimum Gasteiger partial charge on any atom is -0.408 e. The Labute approximate surface area is 191 Å². The molecule has 0 aliphatic heterocycles. The Morgan fingerprint density at radius 3 is 2.66 bits per heavy atom. The molecule has 3 rings (SSSR count). The van der Waals surface area contributed by atoms with Crippen molar-refractivity contribution in [3.63, 3.8) is 0 Å². The summed E-state index contributed by atoms with van der Waals surface area (Å²) in [5.74, 6) is 0.313. The van der Waals surface area contributed by atoms with E-state index in [4.69, 9.17) is 4.42 Å². The summed E-state index contributed by atoms with van der Waals surface area (Å²) in [5, 5.41) is 11.5. The Morgan fingerprint density at radius 1 is 1.22 bits per heavy atom. The number of aromatic nitrogens is 4. The molecular weight excluding hydrogens is 428 g/mol. The summed E-state index contributed by atoms with van der Waals surface area (Å²) in [6, 6.07) is 7.36. The zero-order chi connectivity index (χ0) is 23.1. The zero-order valence-electron chi connectivity index (χ0n) is 19.0. The highest BCUT2D eigenvalue weighted by atomic mass is 32.2. The van der Waals surface area contributed by atoms with Crippen molar-refractivity contribution in [1.29, 1.82) is 0 Å². The molecule has 0 fully saturated rings. The number of carbonyl (C=O) groups is 1. The molecule has 0 unspecified atom stereocenters. The highest BCUT2D eigenvalue weighted by Crippen LogP contribution is 2.19. The van der Waals surface area contributed by atoms with Gasteiger partial charge < -0.3 is 9.32 Å². The zero-order valence-corrected chi connectivity index (χ0v) is 19.8. The van der Waals surface area contributed by atoms with Gasteiger partial charge in [0.25, 0.3) is 5.56 Å². The maximum absolute atomic E-state index is 13.1. The molecule has 0 saturated carbocycles. The van der Waals surface area contributed by atoms with Crippen LogP contribution in [0.3, 0.4) is 0 Å². The fourth-order valence-corrected chi connectivity index (χ4v) is 4.08. The molecule has 9 nitrogen and oxygen atoms in total. The predicted octanol–water partition coefficient (Wildman–Crippen LogP) is 3.37. The molecule has 10 heteroatoms. The van der Waals surface area contributed by atoms with E-state index in [0.29, 0.717) is 28.5 Å². The Kier molecular flexibility index (Phi) is 8.40. The lowest BCUT2D eigenvalue weighted by Gasteiger charge is -2.19. The van der Waals surface area contributed by atoms with Crippen LogP contribution in [0.5, 0.6) is 0 Å². The number of anilines is 1. The van der Waals surface area contributed by atoms with E-state index < -0.39 is 0 Å². The fourth-order valence-electron chi connectivity index (χ4n) is 3.25. The number of para-hydroxylation sites is 1. The molecule has 0 atom stereocenters. The lowest BCUT2D eigenvalue weighted by Crippen LogP contribution is -2.28. The number of fused-ring (bicyclic) bond motifs is 1. The van der Waals surface area contributed by atoms with E-state index in [1.54, 1.807) is 10.6 Å². The monoisotopic (exact) mass is 458 g/mol. The summed E-state index contributed by atoms with van der Waals surface area (Å²) < 4.78 is 7.10. The molecule has 0 aliphatic carbocycles. The van der Waals surface area contributed by atoms with Gasteiger partial charge in [0.15, 0.2) is 5.16 Å². The molecule has 172 valence electrons. The number of nitrogens with zero attached hydrogens (tertiary/aromatic N) is 5. The highest BCUT2D eigenvalue weighted by molar-refractivity contribution is 7.99. The average Bonchev–Trinajstić information content (AvgIpc) is 3.25. The maximum atomic E-state index is 13.1. The van der Waals surface area contributed by atoms with E-state index in [1.165, 1.54) is 11.8 Å². The Morgan fingerprint density at radius 2 is 1.97 bits per heavy atom. The summed E-state index contributed by atoms with van der Waals surface area (Å²) in [6.07, 6.45) is 0.821. The van der Waals surface area contributed by atoms with Crippen molar-refractivity contribution in [3.05, 3.63) is 40.5 Å². The van der Waals surface area contributed by atoms with Crippen LogP contribution in [0, 0.1) is 0 Å². The van der Waals surface area contributed by atoms with Crippen molar-refractivity contribution >= 4 is 34.6 Å². The summed E-state index contributed by atoms with van der Waals surface area (Å²) in [4.78, 5) is 32.5. The van der Waals surface area contributed by atoms with Crippen molar-refractivity contribution in [3.8, 4) is 0 Å². The summed E-state index contributed by atoms with van der Waals surface area (Å²) in [7, 11) is 0. The van der Waals surface area contributed by atoms with Crippen LogP contribution in [-0.2, 0) is 11.3 Å². The van der Waals surface area contributed by atoms with Gasteiger partial charge in [0.2, 0.25) is 11.8 Å². The van der Waals surface area contributed by atoms with Gasteiger partial charge in [-0.2, -0.15) is 0 Å². The molecule has 2 aromatic heterocycles. The number of hydrogen-bond donors (Lipinski definition) is 1. The second kappa shape index (κ2) is 11.2. The molecule has 1 aromatic carbocycles. The standard InChI is InChI=1S/C22H30N6O3S/c1-5-27(6-2)12-9-13-28-20(30)16-10-7-8-11-17(16)23-22(28)32-14-18(29)24-21-26-25-19(31-21)15(3)4/h7-8,10-11,15H,5-6,9,12-14H2,1-4H3,(H,24,26,29). The molecule has 0 radical (unpaired) electrons. The van der Waals surface area contributed by atoms with Crippen LogP contribution >= 0.6 is 11.8 Å². The number of rotatable bonds is 11. The third-order valence-electron chi connectivity index (χ3n) is 5.09. The summed E-state index contributed by atoms with van der Waals surface area (Å²) >= 11 is 1.22. The van der Waals surface area contributed by atoms with Crippen LogP contribution in [0.2, 0.25) is 0 Å². The van der Waals surface area contributed by atoms with Gasteiger partial charge in [-0.05, 0) is 38.2 Å². The lowest BCUT2D eigenvalue weighted by atomic mass is 10.2. The van der Waals surface area contributed by atoms with Crippen molar-refractivity contribution in [2.75, 3.05) is 30.7 Å². The van der Waals surface area contributed by atoms with Gasteiger partial charge in [0.05, 0.1) is 16.7 Å². The highest BCUT2D eigenvalue weighted by Gasteiger charge is 2.16. The van der Waals surface area contributed by atoms with Crippen molar-refractivity contribution < 1.29 is 9.21 Å². The summed E-state index contributed by atoms with van der Waals surface area (Å²) in [5.41, 5.74) is 0.537. The SMILES string of the molecule is CCN(CC)CCCn1c(SCC(=O)Nc2nnc(C(C)C)o2)nc2ccccc2c1=O. The van der Waals surface area contributed by atoms with E-state index in [-0.39, 0.29) is 29.2 Å². The van der Waals surface area contributed by atoms with Gasteiger partial charge in [-0.3, -0.25) is 19.5 Å². The smallest absolute Gasteiger partial charge is 0.322 e. The van der Waals surface area contributed by atoms with Crippen LogP contribution < -0.4 is 10.9 Å². The molecule has 0 saturated heterocycles. The summed E-state index contributed by atoms with van der Waals surface area (Å²) in [6.45, 7) is 11.5. The van der Waals surface area contributed by atoms with Gasteiger partial charge in [-0.15, -0.1) is 5.10 Å². The van der Waals surface area contributed by atoms with Crippen LogP contribution in [0.15, 0.2) is 38.6 Å². The number of carbonyl (C=O) groups excluding carboxylic acids is 1. The van der Waals surface area contributed by atoms with Crippen molar-refractivity contribution in [2.24, 2.45) is 0 Å². The minimum atomic E-state index is -0.300. The van der Waals surface area contributed by atoms with Gasteiger partial charge in [-0.1, -0.05) is 56.7 Å². The Hall–Kier alpha value is -2.72. The van der Waals surface area contributed by atoms with Crippen LogP contribution in [-0.4, -0.2) is 55.9 Å². The van der Waals surface area contributed by atoms with Gasteiger partial charge in [0.1, 0.15) is 0 Å². The first-order valence-electron chi connectivity index (χ1n) is 10.9. The molecule has 0 aliphatic rings. The van der Waals surface area contributed by atoms with Gasteiger partial charge in [-0.25, -0.2) is 4.98 Å². The lowest BCUT2D eigenvalue weighted by molar-refractivity contribution is -0.113. The van der Waals surface area contributed by atoms with E-state index in [2.05, 4.69) is 39.2 Å². The first-order valence-corrected chi connectivity index (χ1v) is 11.9. The number of amides is 1. The average molecular weight is 459 g/mol. The van der Waals surface area contributed by atoms with Crippen LogP contribution in [0.1, 0.15) is 45.9 Å². The second-order valence-corrected chi connectivity index (χ2v) is 8.63. The van der Waals surface area contributed by atoms with Crippen LogP contribution in [0.25, 0.3) is 10.9 Å². The predicted molar refractivity (Wildman–Crippen MR) is 126 cm³/mol. The molecule has 0 spiro atoms. The molecular formula is C22H30N6O3S. The number of benzene rings is 1. The molecule has 1 amide bonds. The van der Waals surface area contributed by atoms with Gasteiger partial charge in [0, 0.05) is 12.5 Å². The first kappa shape index (κ1) is 23.9. The largest absolute Gasteiger partial charge is 0.408 e. The Bertz CT molecular complexity index is 1110. The quantitative estimate of drug-likeness (QED) is 0.344. The van der Waals surface area contributed by atoms with E-state index in [9.17, 15) is 9.59 Å². The number of thioether (sulfide) groups is 1. The maximum Gasteiger partial charge on any atom is 0.322 e. The van der Waals surface area contributed by atoms with E-state index >= 15 is 0 Å². The molecule has 1 N–H and O–H groups in total. The first-order chi connectivity index (χ1) is 15.4. The van der Waals surface area contributed by atoms with Gasteiger partial charge >= 0.3 is 6.01 Å².